The van der Waals surface area contributed by atoms with Gasteiger partial charge in [0.25, 0.3) is 0 Å². The molecule has 16 atom stereocenters. The van der Waals surface area contributed by atoms with E-state index in [1.54, 1.807) is 11.1 Å². The first-order chi connectivity index (χ1) is 29.2. The van der Waals surface area contributed by atoms with Crippen LogP contribution in [0.3, 0.4) is 0 Å². The Morgan fingerprint density at radius 1 is 0.644 bits per heavy atom. The number of nitrogens with one attached hydrogen (secondary N) is 1. The Morgan fingerprint density at radius 2 is 1.39 bits per heavy atom. The summed E-state index contributed by atoms with van der Waals surface area (Å²) in [5.74, 6) is 4.98. The molecule has 12 rings (SSSR count). The Bertz CT molecular complexity index is 1670. The molecule has 9 fully saturated rings. The summed E-state index contributed by atoms with van der Waals surface area (Å²) in [6.45, 7) is 2.34. The first-order valence-electron chi connectivity index (χ1n) is 26.0. The third-order valence-electron chi connectivity index (χ3n) is 19.3. The summed E-state index contributed by atoms with van der Waals surface area (Å²) in [6, 6.07) is 4.67. The van der Waals surface area contributed by atoms with E-state index in [9.17, 15) is 0 Å². The Hall–Kier alpha value is -1.70. The van der Waals surface area contributed by atoms with E-state index in [-0.39, 0.29) is 12.2 Å². The summed E-state index contributed by atoms with van der Waals surface area (Å²) in [7, 11) is 0. The maximum atomic E-state index is 7.16. The van der Waals surface area contributed by atoms with Crippen molar-refractivity contribution < 1.29 is 9.47 Å². The molecule has 59 heavy (non-hydrogen) atoms. The molecule has 322 valence electrons. The molecule has 5 saturated carbocycles. The number of morpholine rings is 1. The molecule has 4 aliphatic heterocycles. The molecule has 6 heteroatoms. The fourth-order valence-corrected chi connectivity index (χ4v) is 16.9. The van der Waals surface area contributed by atoms with Gasteiger partial charge in [0, 0.05) is 60.5 Å². The highest BCUT2D eigenvalue weighted by molar-refractivity contribution is 5.40. The van der Waals surface area contributed by atoms with Crippen LogP contribution in [-0.4, -0.2) is 87.6 Å². The monoisotopic (exact) mass is 803 g/mol. The smallest absolute Gasteiger partial charge is 0.124 e. The van der Waals surface area contributed by atoms with Crippen LogP contribution in [-0.2, 0) is 9.47 Å². The quantitative estimate of drug-likeness (QED) is 0.270. The number of rotatable bonds is 6. The largest absolute Gasteiger partial charge is 0.490 e. The molecule has 8 aliphatic carbocycles. The first-order valence-corrected chi connectivity index (χ1v) is 26.0. The molecule has 0 aromatic carbocycles. The fraction of sp³-hybridized carbons (Fsp3) is 0.811. The molecule has 4 saturated heterocycles. The lowest BCUT2D eigenvalue weighted by atomic mass is 9.68. The minimum Gasteiger partial charge on any atom is -0.490 e. The number of ether oxygens (including phenoxy) is 2. The maximum Gasteiger partial charge on any atom is 0.124 e. The highest BCUT2D eigenvalue weighted by Crippen LogP contribution is 2.55. The van der Waals surface area contributed by atoms with Gasteiger partial charge < -0.3 is 9.47 Å². The van der Waals surface area contributed by atoms with Crippen molar-refractivity contribution in [3.8, 4) is 0 Å². The van der Waals surface area contributed by atoms with Crippen LogP contribution < -0.4 is 5.32 Å². The van der Waals surface area contributed by atoms with E-state index in [0.717, 1.165) is 30.3 Å². The normalized spacial score (nSPS) is 48.0. The average Bonchev–Trinajstić information content (AvgIpc) is 3.81. The van der Waals surface area contributed by atoms with Crippen LogP contribution in [0.4, 0.5) is 0 Å². The molecule has 12 aliphatic rings. The number of fused-ring (bicyclic) bond motifs is 8. The average molecular weight is 803 g/mol. The highest BCUT2D eigenvalue weighted by atomic mass is 16.5. The van der Waals surface area contributed by atoms with Crippen LogP contribution in [0, 0.1) is 29.6 Å². The topological polar surface area (TPSA) is 40.2 Å². The standard InChI is InChI=1S/C53H78N4O2/c1-2-16-34-31-41(53-54-52(55(53)36-17-4-3-5-18-36)35-29-30-40-39-21-8-13-26-48(39)58-51(40)32-35)47(57-44-24-11-14-27-49(44)59-50-28-15-12-25-45(50)57)33-46(34)56-42-22-9-6-19-37(42)38-20-7-10-23-43(38)56/h2,14,16,26-27,29-30,34,36-39,41-47,49-54H,3-13,15,17-25,28,31-33H2,1H3/b16-2+. The fourth-order valence-electron chi connectivity index (χ4n) is 16.9. The molecule has 0 amide bonds. The van der Waals surface area contributed by atoms with Gasteiger partial charge in [0.1, 0.15) is 11.9 Å². The number of allylic oxidation sites excluding steroid dienone is 6. The SMILES string of the molecule is C/C=C/C1CC(C2NC(C3=CC=C4C(C3)OC3=CCCCC34)N2C2CCCCC2)C(N2C3CCC=CC3OC3CCCCC32)CC1N1C2CCCCC2C2CCCCC21. The van der Waals surface area contributed by atoms with Crippen LogP contribution in [0.25, 0.3) is 0 Å². The van der Waals surface area contributed by atoms with Crippen LogP contribution in [0.2, 0.25) is 0 Å². The molecule has 0 aromatic rings. The zero-order chi connectivity index (χ0) is 39.0. The summed E-state index contributed by atoms with van der Waals surface area (Å²) in [4.78, 5) is 9.71. The number of likely N-dealkylation sites (tertiary alicyclic amines) is 1. The highest BCUT2D eigenvalue weighted by Gasteiger charge is 2.60. The van der Waals surface area contributed by atoms with Gasteiger partial charge in [-0.25, -0.2) is 0 Å². The van der Waals surface area contributed by atoms with Crippen molar-refractivity contribution in [3.63, 3.8) is 0 Å². The van der Waals surface area contributed by atoms with E-state index in [2.05, 4.69) is 69.5 Å². The van der Waals surface area contributed by atoms with Crippen molar-refractivity contribution in [2.24, 2.45) is 29.6 Å². The lowest BCUT2D eigenvalue weighted by Crippen LogP contribution is -2.78. The third-order valence-corrected chi connectivity index (χ3v) is 19.3. The van der Waals surface area contributed by atoms with Gasteiger partial charge in [-0.1, -0.05) is 94.2 Å². The number of hydrogen-bond donors (Lipinski definition) is 1. The Labute approximate surface area is 357 Å². The minimum atomic E-state index is 0.251. The van der Waals surface area contributed by atoms with Crippen LogP contribution in [0.15, 0.2) is 59.4 Å². The molecule has 1 N–H and O–H groups in total. The van der Waals surface area contributed by atoms with E-state index in [0.29, 0.717) is 66.4 Å². The van der Waals surface area contributed by atoms with Crippen molar-refractivity contribution in [2.45, 2.75) is 240 Å². The van der Waals surface area contributed by atoms with Gasteiger partial charge in [-0.05, 0) is 138 Å². The Kier molecular flexibility index (Phi) is 10.9. The summed E-state index contributed by atoms with van der Waals surface area (Å²) in [6.07, 6.45) is 53.4. The molecule has 0 bridgehead atoms. The van der Waals surface area contributed by atoms with Gasteiger partial charge in [-0.3, -0.25) is 20.0 Å². The second kappa shape index (κ2) is 16.5. The molecular weight excluding hydrogens is 725 g/mol. The van der Waals surface area contributed by atoms with Gasteiger partial charge in [-0.15, -0.1) is 0 Å². The molecule has 4 heterocycles. The van der Waals surface area contributed by atoms with Gasteiger partial charge in [-0.2, -0.15) is 0 Å². The van der Waals surface area contributed by atoms with Crippen molar-refractivity contribution in [1.29, 1.82) is 0 Å². The second-order valence-corrected chi connectivity index (χ2v) is 22.0. The molecule has 0 spiro atoms. The molecule has 6 nitrogen and oxygen atoms in total. The van der Waals surface area contributed by atoms with E-state index >= 15 is 0 Å². The molecule has 0 radical (unpaired) electrons. The van der Waals surface area contributed by atoms with Crippen molar-refractivity contribution >= 4 is 0 Å². The maximum absolute atomic E-state index is 7.16. The second-order valence-electron chi connectivity index (χ2n) is 22.0. The van der Waals surface area contributed by atoms with Crippen LogP contribution in [0.5, 0.6) is 0 Å². The summed E-state index contributed by atoms with van der Waals surface area (Å²) in [5, 5.41) is 4.51. The van der Waals surface area contributed by atoms with Crippen molar-refractivity contribution in [2.75, 3.05) is 0 Å². The Morgan fingerprint density at radius 3 is 2.20 bits per heavy atom. The van der Waals surface area contributed by atoms with Crippen LogP contribution >= 0.6 is 0 Å². The lowest BCUT2D eigenvalue weighted by molar-refractivity contribution is -0.194. The van der Waals surface area contributed by atoms with Gasteiger partial charge >= 0.3 is 0 Å². The van der Waals surface area contributed by atoms with Crippen molar-refractivity contribution in [3.05, 3.63) is 59.4 Å². The Balaban J connectivity index is 0.921. The van der Waals surface area contributed by atoms with Gasteiger partial charge in [0.2, 0.25) is 0 Å². The molecular formula is C53H78N4O2. The summed E-state index contributed by atoms with van der Waals surface area (Å²) in [5.41, 5.74) is 3.16. The summed E-state index contributed by atoms with van der Waals surface area (Å²) < 4.78 is 13.9. The zero-order valence-electron chi connectivity index (χ0n) is 36.7. The van der Waals surface area contributed by atoms with E-state index in [1.165, 1.54) is 160 Å². The minimum absolute atomic E-state index is 0.251. The van der Waals surface area contributed by atoms with Crippen LogP contribution in [0.1, 0.15) is 167 Å². The molecule has 16 unspecified atom stereocenters. The summed E-state index contributed by atoms with van der Waals surface area (Å²) >= 11 is 0. The van der Waals surface area contributed by atoms with E-state index in [1.807, 2.05) is 0 Å². The van der Waals surface area contributed by atoms with E-state index < -0.39 is 0 Å². The van der Waals surface area contributed by atoms with Gasteiger partial charge in [0.05, 0.1) is 24.5 Å². The van der Waals surface area contributed by atoms with Gasteiger partial charge in [0.15, 0.2) is 0 Å². The lowest BCUT2D eigenvalue weighted by Gasteiger charge is -2.64. The number of hydrogen-bond acceptors (Lipinski definition) is 6. The number of nitrogens with zero attached hydrogens (tertiary/aromatic N) is 3. The van der Waals surface area contributed by atoms with E-state index in [4.69, 9.17) is 9.47 Å². The zero-order valence-corrected chi connectivity index (χ0v) is 36.7. The predicted octanol–water partition coefficient (Wildman–Crippen LogP) is 10.7. The van der Waals surface area contributed by atoms with Crippen molar-refractivity contribution in [1.82, 2.24) is 20.0 Å². The predicted molar refractivity (Wildman–Crippen MR) is 237 cm³/mol. The third kappa shape index (κ3) is 6.71. The first kappa shape index (κ1) is 38.9. The molecule has 0 aromatic heterocycles.